The molecule has 0 atom stereocenters. The van der Waals surface area contributed by atoms with Crippen molar-refractivity contribution in [2.75, 3.05) is 6.61 Å². The van der Waals surface area contributed by atoms with Gasteiger partial charge in [-0.05, 0) is 54.9 Å². The second kappa shape index (κ2) is 6.39. The van der Waals surface area contributed by atoms with Crippen molar-refractivity contribution in [3.05, 3.63) is 0 Å². The minimum absolute atomic E-state index is 0.205. The predicted octanol–water partition coefficient (Wildman–Crippen LogP) is 3.35. The molecule has 0 N–H and O–H groups in total. The predicted molar refractivity (Wildman–Crippen MR) is 83.7 cm³/mol. The molecule has 0 saturated carbocycles. The highest BCUT2D eigenvalue weighted by Gasteiger charge is 2.52. The van der Waals surface area contributed by atoms with E-state index in [0.717, 1.165) is 6.42 Å². The van der Waals surface area contributed by atoms with E-state index in [2.05, 4.69) is 48.5 Å². The molecular weight excluding hydrogens is 254 g/mol. The van der Waals surface area contributed by atoms with Crippen molar-refractivity contribution in [3.8, 4) is 0 Å². The molecule has 0 unspecified atom stereocenters. The highest BCUT2D eigenvalue weighted by atomic mass is 16.7. The zero-order chi connectivity index (χ0) is 15.6. The topological polar surface area (TPSA) is 36.9 Å². The SMILES string of the molecule is CCOB(CB1OC(C)(C)C(C)(C)O1)OC(C)(C)CC. The molecule has 20 heavy (non-hydrogen) atoms. The van der Waals surface area contributed by atoms with E-state index in [1.165, 1.54) is 0 Å². The van der Waals surface area contributed by atoms with Gasteiger partial charge in [0.25, 0.3) is 0 Å². The Morgan fingerprint density at radius 2 is 1.55 bits per heavy atom. The summed E-state index contributed by atoms with van der Waals surface area (Å²) in [4.78, 5) is 0. The molecule has 0 amide bonds. The van der Waals surface area contributed by atoms with Crippen LogP contribution in [0.4, 0.5) is 0 Å². The number of rotatable bonds is 7. The fraction of sp³-hybridized carbons (Fsp3) is 1.00. The van der Waals surface area contributed by atoms with Crippen LogP contribution in [0.1, 0.15) is 61.8 Å². The van der Waals surface area contributed by atoms with Gasteiger partial charge in [0, 0.05) is 18.4 Å². The summed E-state index contributed by atoms with van der Waals surface area (Å²) in [6.45, 7) is 17.1. The van der Waals surface area contributed by atoms with E-state index in [4.69, 9.17) is 18.6 Å². The van der Waals surface area contributed by atoms with Crippen molar-refractivity contribution in [1.29, 1.82) is 0 Å². The van der Waals surface area contributed by atoms with Crippen molar-refractivity contribution < 1.29 is 18.6 Å². The van der Waals surface area contributed by atoms with Crippen molar-refractivity contribution in [2.24, 2.45) is 0 Å². The van der Waals surface area contributed by atoms with Gasteiger partial charge in [0.05, 0.1) is 11.2 Å². The van der Waals surface area contributed by atoms with Gasteiger partial charge in [-0.25, -0.2) is 0 Å². The van der Waals surface area contributed by atoms with Gasteiger partial charge in [0.15, 0.2) is 0 Å². The third-order valence-electron chi connectivity index (χ3n) is 4.34. The first-order valence-electron chi connectivity index (χ1n) is 7.68. The normalized spacial score (nSPS) is 21.3. The third kappa shape index (κ3) is 4.48. The molecule has 1 heterocycles. The first kappa shape index (κ1) is 18.0. The molecule has 0 aromatic heterocycles. The lowest BCUT2D eigenvalue weighted by Gasteiger charge is -2.32. The summed E-state index contributed by atoms with van der Waals surface area (Å²) >= 11 is 0. The second-order valence-corrected chi connectivity index (χ2v) is 7.04. The standard InChI is InChI=1S/C14H30B2O4/c1-9-12(3,4)18-15(17-10-2)11-16-19-13(5,6)14(7,8)20-16/h9-11H2,1-8H3. The van der Waals surface area contributed by atoms with Gasteiger partial charge in [-0.2, -0.15) is 0 Å². The van der Waals surface area contributed by atoms with Gasteiger partial charge in [-0.15, -0.1) is 0 Å². The van der Waals surface area contributed by atoms with Crippen LogP contribution in [0.5, 0.6) is 0 Å². The van der Waals surface area contributed by atoms with E-state index in [0.29, 0.717) is 12.8 Å². The zero-order valence-corrected chi connectivity index (χ0v) is 14.4. The first-order chi connectivity index (χ1) is 9.03. The highest BCUT2D eigenvalue weighted by Crippen LogP contribution is 2.38. The molecule has 6 heteroatoms. The molecule has 1 saturated heterocycles. The van der Waals surface area contributed by atoms with E-state index in [1.807, 2.05) is 6.92 Å². The summed E-state index contributed by atoms with van der Waals surface area (Å²) in [5.41, 5.74) is -0.827. The minimum atomic E-state index is -0.311. The Labute approximate surface area is 125 Å². The van der Waals surface area contributed by atoms with Crippen LogP contribution in [0.2, 0.25) is 6.22 Å². The number of hydrogen-bond donors (Lipinski definition) is 0. The summed E-state index contributed by atoms with van der Waals surface area (Å²) < 4.78 is 23.8. The van der Waals surface area contributed by atoms with E-state index >= 15 is 0 Å². The molecular formula is C14H30B2O4. The van der Waals surface area contributed by atoms with Gasteiger partial charge >= 0.3 is 14.2 Å². The highest BCUT2D eigenvalue weighted by molar-refractivity contribution is 6.65. The van der Waals surface area contributed by atoms with Gasteiger partial charge in [0.2, 0.25) is 0 Å². The third-order valence-corrected chi connectivity index (χ3v) is 4.34. The van der Waals surface area contributed by atoms with Crippen LogP contribution in [-0.2, 0) is 18.6 Å². The lowest BCUT2D eigenvalue weighted by Crippen LogP contribution is -2.41. The number of hydrogen-bond acceptors (Lipinski definition) is 4. The Morgan fingerprint density at radius 1 is 1.05 bits per heavy atom. The van der Waals surface area contributed by atoms with Crippen LogP contribution in [0.3, 0.4) is 0 Å². The maximum absolute atomic E-state index is 6.04. The van der Waals surface area contributed by atoms with E-state index in [1.54, 1.807) is 0 Å². The Hall–Kier alpha value is -0.0301. The van der Waals surface area contributed by atoms with Gasteiger partial charge < -0.3 is 18.6 Å². The molecule has 0 bridgehead atoms. The van der Waals surface area contributed by atoms with Gasteiger partial charge in [0.1, 0.15) is 0 Å². The van der Waals surface area contributed by atoms with Crippen LogP contribution < -0.4 is 0 Å². The smallest absolute Gasteiger partial charge is 0.412 e. The fourth-order valence-corrected chi connectivity index (χ4v) is 1.99. The van der Waals surface area contributed by atoms with Crippen LogP contribution in [0, 0.1) is 0 Å². The second-order valence-electron chi connectivity index (χ2n) is 7.04. The van der Waals surface area contributed by atoms with Crippen LogP contribution in [0.15, 0.2) is 0 Å². The summed E-state index contributed by atoms with van der Waals surface area (Å²) in [7, 11) is -0.589. The maximum Gasteiger partial charge on any atom is 0.455 e. The molecule has 0 aromatic rings. The van der Waals surface area contributed by atoms with Crippen molar-refractivity contribution in [2.45, 2.75) is 84.8 Å². The lowest BCUT2D eigenvalue weighted by molar-refractivity contribution is 0.00578. The lowest BCUT2D eigenvalue weighted by atomic mass is 9.63. The monoisotopic (exact) mass is 284 g/mol. The molecule has 0 aromatic carbocycles. The Kier molecular flexibility index (Phi) is 5.75. The van der Waals surface area contributed by atoms with Crippen LogP contribution in [-0.4, -0.2) is 37.6 Å². The molecule has 1 rings (SSSR count). The molecule has 0 aliphatic carbocycles. The largest absolute Gasteiger partial charge is 0.455 e. The van der Waals surface area contributed by atoms with Crippen LogP contribution >= 0.6 is 0 Å². The Bertz CT molecular complexity index is 302. The average molecular weight is 284 g/mol. The summed E-state index contributed by atoms with van der Waals surface area (Å²) in [5.74, 6) is 0. The van der Waals surface area contributed by atoms with Crippen molar-refractivity contribution >= 4 is 14.2 Å². The molecule has 1 aliphatic rings. The summed E-state index contributed by atoms with van der Waals surface area (Å²) in [6.07, 6.45) is 1.52. The van der Waals surface area contributed by atoms with E-state index in [9.17, 15) is 0 Å². The molecule has 1 fully saturated rings. The average Bonchev–Trinajstić information content (AvgIpc) is 2.46. The van der Waals surface area contributed by atoms with Crippen molar-refractivity contribution in [1.82, 2.24) is 0 Å². The zero-order valence-electron chi connectivity index (χ0n) is 14.4. The summed E-state index contributed by atoms with van der Waals surface area (Å²) in [5, 5.41) is 0. The molecule has 4 nitrogen and oxygen atoms in total. The quantitative estimate of drug-likeness (QED) is 0.672. The summed E-state index contributed by atoms with van der Waals surface area (Å²) in [6, 6.07) is 0. The van der Waals surface area contributed by atoms with Crippen LogP contribution in [0.25, 0.3) is 0 Å². The fourth-order valence-electron chi connectivity index (χ4n) is 1.99. The van der Waals surface area contributed by atoms with E-state index in [-0.39, 0.29) is 31.0 Å². The molecule has 0 radical (unpaired) electrons. The maximum atomic E-state index is 6.04. The van der Waals surface area contributed by atoms with Gasteiger partial charge in [-0.1, -0.05) is 6.92 Å². The first-order valence-corrected chi connectivity index (χ1v) is 7.68. The molecule has 116 valence electrons. The van der Waals surface area contributed by atoms with Crippen molar-refractivity contribution in [3.63, 3.8) is 0 Å². The Balaban J connectivity index is 2.64. The molecule has 0 spiro atoms. The minimum Gasteiger partial charge on any atom is -0.412 e. The molecule has 1 aliphatic heterocycles. The van der Waals surface area contributed by atoms with E-state index < -0.39 is 0 Å². The Morgan fingerprint density at radius 3 is 1.95 bits per heavy atom. The van der Waals surface area contributed by atoms with Gasteiger partial charge in [-0.3, -0.25) is 0 Å².